The first-order valence-electron chi connectivity index (χ1n) is 7.80. The van der Waals surface area contributed by atoms with Crippen LogP contribution in [0.25, 0.3) is 0 Å². The van der Waals surface area contributed by atoms with Crippen LogP contribution in [0.4, 0.5) is 0 Å². The third kappa shape index (κ3) is 5.70. The molecule has 0 fully saturated rings. The molecule has 0 heterocycles. The Hall–Kier alpha value is -2.34. The summed E-state index contributed by atoms with van der Waals surface area (Å²) >= 11 is 0. The van der Waals surface area contributed by atoms with E-state index >= 15 is 0 Å². The van der Waals surface area contributed by atoms with Gasteiger partial charge in [-0.25, -0.2) is 8.42 Å². The number of hydrogen-bond donors (Lipinski definition) is 2. The number of aromatic hydroxyl groups is 1. The zero-order valence-electron chi connectivity index (χ0n) is 13.3. The lowest BCUT2D eigenvalue weighted by molar-refractivity contribution is -0.120. The van der Waals surface area contributed by atoms with Crippen LogP contribution in [0, 0.1) is 0 Å². The molecule has 0 saturated heterocycles. The average Bonchev–Trinajstić information content (AvgIpc) is 2.59. The van der Waals surface area contributed by atoms with Crippen molar-refractivity contribution in [3.63, 3.8) is 0 Å². The van der Waals surface area contributed by atoms with Crippen LogP contribution in [0.3, 0.4) is 0 Å². The van der Waals surface area contributed by atoms with Gasteiger partial charge in [0.15, 0.2) is 9.84 Å². The van der Waals surface area contributed by atoms with Gasteiger partial charge < -0.3 is 10.4 Å². The van der Waals surface area contributed by atoms with Crippen molar-refractivity contribution in [3.05, 3.63) is 60.2 Å². The van der Waals surface area contributed by atoms with Crippen LogP contribution >= 0.6 is 0 Å². The second kappa shape index (κ2) is 8.49. The predicted molar refractivity (Wildman–Crippen MR) is 92.5 cm³/mol. The first-order valence-corrected chi connectivity index (χ1v) is 9.45. The number of hydrogen-bond acceptors (Lipinski definition) is 4. The lowest BCUT2D eigenvalue weighted by atomic mass is 10.1. The van der Waals surface area contributed by atoms with Crippen LogP contribution < -0.4 is 5.32 Å². The molecule has 24 heavy (non-hydrogen) atoms. The van der Waals surface area contributed by atoms with Gasteiger partial charge in [0.1, 0.15) is 5.75 Å². The number of nitrogens with one attached hydrogen (secondary N) is 1. The Morgan fingerprint density at radius 2 is 1.67 bits per heavy atom. The summed E-state index contributed by atoms with van der Waals surface area (Å²) in [6.45, 7) is 0.491. The minimum absolute atomic E-state index is 0.0452. The Balaban J connectivity index is 1.69. The van der Waals surface area contributed by atoms with Gasteiger partial charge in [0.05, 0.1) is 10.6 Å². The Labute approximate surface area is 142 Å². The molecular weight excluding hydrogens is 326 g/mol. The number of benzene rings is 2. The Kier molecular flexibility index (Phi) is 6.37. The van der Waals surface area contributed by atoms with Crippen LogP contribution in [0.2, 0.25) is 0 Å². The fourth-order valence-corrected chi connectivity index (χ4v) is 3.51. The summed E-state index contributed by atoms with van der Waals surface area (Å²) in [5, 5.41) is 11.9. The summed E-state index contributed by atoms with van der Waals surface area (Å²) in [5.74, 6) is -0.229. The molecule has 0 radical (unpaired) electrons. The number of amides is 1. The molecule has 2 aromatic carbocycles. The monoisotopic (exact) mass is 347 g/mol. The van der Waals surface area contributed by atoms with E-state index in [2.05, 4.69) is 5.32 Å². The number of aryl methyl sites for hydroxylation is 1. The van der Waals surface area contributed by atoms with Crippen molar-refractivity contribution in [1.82, 2.24) is 5.32 Å². The Morgan fingerprint density at radius 3 is 2.33 bits per heavy atom. The summed E-state index contributed by atoms with van der Waals surface area (Å²) in [5.41, 5.74) is 1.08. The van der Waals surface area contributed by atoms with E-state index in [-0.39, 0.29) is 28.7 Å². The molecule has 0 bridgehead atoms. The number of sulfone groups is 1. The molecule has 2 N–H and O–H groups in total. The van der Waals surface area contributed by atoms with E-state index in [4.69, 9.17) is 0 Å². The smallest absolute Gasteiger partial charge is 0.221 e. The van der Waals surface area contributed by atoms with E-state index in [1.54, 1.807) is 30.3 Å². The first kappa shape index (κ1) is 18.0. The molecule has 5 nitrogen and oxygen atoms in total. The molecule has 0 atom stereocenters. The maximum Gasteiger partial charge on any atom is 0.221 e. The zero-order chi connectivity index (χ0) is 17.4. The lowest BCUT2D eigenvalue weighted by Gasteiger charge is -2.07. The standard InChI is InChI=1S/C18H21NO4S/c20-16-10-8-15(9-11-16)5-4-13-19-18(21)12-14-24(22,23)17-6-2-1-3-7-17/h1-3,6-11,20H,4-5,12-14H2,(H,19,21). The van der Waals surface area contributed by atoms with E-state index in [1.807, 2.05) is 12.1 Å². The lowest BCUT2D eigenvalue weighted by Crippen LogP contribution is -2.26. The van der Waals surface area contributed by atoms with Gasteiger partial charge in [-0.3, -0.25) is 4.79 Å². The summed E-state index contributed by atoms with van der Waals surface area (Å²) in [6.07, 6.45) is 1.49. The molecular formula is C18H21NO4S. The van der Waals surface area contributed by atoms with E-state index < -0.39 is 9.84 Å². The average molecular weight is 347 g/mol. The van der Waals surface area contributed by atoms with Gasteiger partial charge in [-0.15, -0.1) is 0 Å². The highest BCUT2D eigenvalue weighted by Crippen LogP contribution is 2.12. The van der Waals surface area contributed by atoms with E-state index in [1.165, 1.54) is 12.1 Å². The summed E-state index contributed by atoms with van der Waals surface area (Å²) < 4.78 is 24.2. The highest BCUT2D eigenvalue weighted by atomic mass is 32.2. The first-order chi connectivity index (χ1) is 11.5. The van der Waals surface area contributed by atoms with Gasteiger partial charge in [-0.05, 0) is 42.7 Å². The molecule has 6 heteroatoms. The van der Waals surface area contributed by atoms with Crippen molar-refractivity contribution in [1.29, 1.82) is 0 Å². The number of carbonyl (C=O) groups is 1. The molecule has 2 rings (SSSR count). The van der Waals surface area contributed by atoms with Gasteiger partial charge in [0.2, 0.25) is 5.91 Å². The molecule has 0 spiro atoms. The van der Waals surface area contributed by atoms with Crippen molar-refractivity contribution in [2.75, 3.05) is 12.3 Å². The molecule has 128 valence electrons. The van der Waals surface area contributed by atoms with Crippen molar-refractivity contribution < 1.29 is 18.3 Å². The highest BCUT2D eigenvalue weighted by molar-refractivity contribution is 7.91. The van der Waals surface area contributed by atoms with Crippen LogP contribution in [-0.4, -0.2) is 31.7 Å². The zero-order valence-corrected chi connectivity index (χ0v) is 14.1. The molecule has 1 amide bonds. The molecule has 2 aromatic rings. The van der Waals surface area contributed by atoms with Gasteiger partial charge in [0.25, 0.3) is 0 Å². The van der Waals surface area contributed by atoms with Crippen molar-refractivity contribution in [3.8, 4) is 5.75 Å². The quantitative estimate of drug-likeness (QED) is 0.718. The summed E-state index contributed by atoms with van der Waals surface area (Å²) in [6, 6.07) is 15.1. The van der Waals surface area contributed by atoms with Crippen molar-refractivity contribution in [2.24, 2.45) is 0 Å². The summed E-state index contributed by atoms with van der Waals surface area (Å²) in [7, 11) is -3.42. The fraction of sp³-hybridized carbons (Fsp3) is 0.278. The topological polar surface area (TPSA) is 83.5 Å². The second-order valence-electron chi connectivity index (χ2n) is 5.50. The van der Waals surface area contributed by atoms with Crippen LogP contribution in [0.15, 0.2) is 59.5 Å². The van der Waals surface area contributed by atoms with Gasteiger partial charge in [-0.1, -0.05) is 30.3 Å². The Morgan fingerprint density at radius 1 is 1.00 bits per heavy atom. The predicted octanol–water partition coefficient (Wildman–Crippen LogP) is 2.31. The molecule has 0 saturated carbocycles. The number of phenolic OH excluding ortho intramolecular Hbond substituents is 1. The largest absolute Gasteiger partial charge is 0.508 e. The highest BCUT2D eigenvalue weighted by Gasteiger charge is 2.15. The minimum atomic E-state index is -3.42. The maximum atomic E-state index is 12.1. The summed E-state index contributed by atoms with van der Waals surface area (Å²) in [4.78, 5) is 12.0. The molecule has 0 aliphatic carbocycles. The number of carbonyl (C=O) groups excluding carboxylic acids is 1. The minimum Gasteiger partial charge on any atom is -0.508 e. The van der Waals surface area contributed by atoms with E-state index in [0.29, 0.717) is 6.54 Å². The van der Waals surface area contributed by atoms with Gasteiger partial charge in [-0.2, -0.15) is 0 Å². The van der Waals surface area contributed by atoms with Gasteiger partial charge >= 0.3 is 0 Å². The Bertz CT molecular complexity index is 755. The fourth-order valence-electron chi connectivity index (χ4n) is 2.24. The normalized spacial score (nSPS) is 11.2. The van der Waals surface area contributed by atoms with Crippen LogP contribution in [0.1, 0.15) is 18.4 Å². The van der Waals surface area contributed by atoms with Crippen LogP contribution in [-0.2, 0) is 21.1 Å². The van der Waals surface area contributed by atoms with Crippen molar-refractivity contribution >= 4 is 15.7 Å². The van der Waals surface area contributed by atoms with E-state index in [9.17, 15) is 18.3 Å². The number of phenols is 1. The molecule has 0 aliphatic rings. The third-order valence-electron chi connectivity index (χ3n) is 3.60. The van der Waals surface area contributed by atoms with Crippen LogP contribution in [0.5, 0.6) is 5.75 Å². The number of rotatable bonds is 8. The molecule has 0 unspecified atom stereocenters. The van der Waals surface area contributed by atoms with E-state index in [0.717, 1.165) is 18.4 Å². The van der Waals surface area contributed by atoms with Crippen molar-refractivity contribution in [2.45, 2.75) is 24.2 Å². The molecule has 0 aliphatic heterocycles. The van der Waals surface area contributed by atoms with Gasteiger partial charge in [0, 0.05) is 13.0 Å². The second-order valence-corrected chi connectivity index (χ2v) is 7.61. The SMILES string of the molecule is O=C(CCS(=O)(=O)c1ccccc1)NCCCc1ccc(O)cc1. The maximum absolute atomic E-state index is 12.1. The third-order valence-corrected chi connectivity index (χ3v) is 5.33. The molecule has 0 aromatic heterocycles.